The number of aromatic hydroxyl groups is 1. The van der Waals surface area contributed by atoms with E-state index in [1.807, 2.05) is 0 Å². The Morgan fingerprint density at radius 2 is 1.93 bits per heavy atom. The van der Waals surface area contributed by atoms with Gasteiger partial charge in [0.15, 0.2) is 5.17 Å². The molecule has 1 aliphatic rings. The second-order valence-electron chi connectivity index (χ2n) is 5.60. The van der Waals surface area contributed by atoms with Gasteiger partial charge in [-0.25, -0.2) is 4.90 Å². The highest BCUT2D eigenvalue weighted by molar-refractivity contribution is 9.10. The van der Waals surface area contributed by atoms with Gasteiger partial charge in [0.05, 0.1) is 11.9 Å². The topological polar surface area (TPSA) is 108 Å². The molecule has 3 rings (SSSR count). The van der Waals surface area contributed by atoms with Gasteiger partial charge in [0.25, 0.3) is 0 Å². The molecule has 7 nitrogen and oxygen atoms in total. The van der Waals surface area contributed by atoms with Crippen LogP contribution in [0.15, 0.2) is 63.2 Å². The number of halogens is 1. The minimum Gasteiger partial charge on any atom is -0.507 e. The minimum absolute atomic E-state index is 0.0406. The van der Waals surface area contributed by atoms with Crippen LogP contribution >= 0.6 is 27.7 Å². The molecule has 1 heterocycles. The molecule has 138 valence electrons. The van der Waals surface area contributed by atoms with Crippen molar-refractivity contribution in [2.75, 3.05) is 4.90 Å². The first-order chi connectivity index (χ1) is 13.0. The first-order valence-electron chi connectivity index (χ1n) is 7.89. The number of rotatable bonds is 4. The van der Waals surface area contributed by atoms with E-state index in [1.54, 1.807) is 42.5 Å². The summed E-state index contributed by atoms with van der Waals surface area (Å²) in [6.07, 6.45) is 1.40. The molecule has 0 bridgehead atoms. The lowest BCUT2D eigenvalue weighted by atomic mass is 10.2. The zero-order valence-corrected chi connectivity index (χ0v) is 16.4. The Hall–Kier alpha value is -2.65. The normalized spacial score (nSPS) is 17.9. The summed E-state index contributed by atoms with van der Waals surface area (Å²) in [5, 5.41) is 16.7. The number of nitrogens with two attached hydrogens (primary N) is 1. The zero-order valence-electron chi connectivity index (χ0n) is 13.9. The Labute approximate surface area is 168 Å². The molecule has 27 heavy (non-hydrogen) atoms. The lowest BCUT2D eigenvalue weighted by Crippen LogP contribution is -2.31. The van der Waals surface area contributed by atoms with Crippen LogP contribution in [-0.4, -0.2) is 33.6 Å². The summed E-state index contributed by atoms with van der Waals surface area (Å²) in [6, 6.07) is 13.6. The van der Waals surface area contributed by atoms with Gasteiger partial charge in [-0.3, -0.25) is 9.59 Å². The van der Waals surface area contributed by atoms with Crippen molar-refractivity contribution in [3.8, 4) is 5.75 Å². The highest BCUT2D eigenvalue weighted by atomic mass is 79.9. The number of hydrogen-bond acceptors (Lipinski definition) is 6. The molecule has 0 spiro atoms. The SMILES string of the molecule is NC(=N/N=C/c1ccccc1O)S[C@@H]1CC(=O)N(c2ccc(Br)cc2)C1=O. The van der Waals surface area contributed by atoms with Crippen LogP contribution in [0.2, 0.25) is 0 Å². The zero-order chi connectivity index (χ0) is 19.4. The fraction of sp³-hybridized carbons (Fsp3) is 0.111. The number of carbonyl (C=O) groups excluding carboxylic acids is 2. The van der Waals surface area contributed by atoms with Crippen LogP contribution in [-0.2, 0) is 9.59 Å². The molecule has 0 saturated carbocycles. The van der Waals surface area contributed by atoms with Gasteiger partial charge in [-0.15, -0.1) is 5.10 Å². The van der Waals surface area contributed by atoms with Gasteiger partial charge in [0, 0.05) is 16.5 Å². The van der Waals surface area contributed by atoms with Gasteiger partial charge in [-0.1, -0.05) is 39.8 Å². The predicted molar refractivity (Wildman–Crippen MR) is 110 cm³/mol. The fourth-order valence-corrected chi connectivity index (χ4v) is 3.55. The van der Waals surface area contributed by atoms with E-state index in [1.165, 1.54) is 12.3 Å². The average molecular weight is 447 g/mol. The Balaban J connectivity index is 1.67. The minimum atomic E-state index is -0.648. The molecule has 9 heteroatoms. The number of amides is 2. The molecule has 0 radical (unpaired) electrons. The summed E-state index contributed by atoms with van der Waals surface area (Å²) in [7, 11) is 0. The predicted octanol–water partition coefficient (Wildman–Crippen LogP) is 2.87. The van der Waals surface area contributed by atoms with Crippen LogP contribution in [0.5, 0.6) is 5.75 Å². The second kappa shape index (κ2) is 8.36. The van der Waals surface area contributed by atoms with E-state index < -0.39 is 5.25 Å². The number of hydrogen-bond donors (Lipinski definition) is 2. The van der Waals surface area contributed by atoms with E-state index in [9.17, 15) is 14.7 Å². The molecule has 2 aromatic carbocycles. The molecule has 1 saturated heterocycles. The van der Waals surface area contributed by atoms with Crippen molar-refractivity contribution in [3.05, 3.63) is 58.6 Å². The number of anilines is 1. The van der Waals surface area contributed by atoms with Crippen molar-refractivity contribution >= 4 is 56.6 Å². The highest BCUT2D eigenvalue weighted by Gasteiger charge is 2.40. The summed E-state index contributed by atoms with van der Waals surface area (Å²) < 4.78 is 0.856. The molecular formula is C18H15BrN4O3S. The maximum absolute atomic E-state index is 12.6. The van der Waals surface area contributed by atoms with E-state index >= 15 is 0 Å². The standard InChI is InChI=1S/C18H15BrN4O3S/c19-12-5-7-13(8-6-12)23-16(25)9-15(17(23)26)27-18(20)22-21-10-11-3-1-2-4-14(11)24/h1-8,10,15,24H,9H2,(H2,20,22)/b21-10+/t15-/m1/s1. The first kappa shape index (κ1) is 19.1. The van der Waals surface area contributed by atoms with Gasteiger partial charge in [-0.05, 0) is 36.4 Å². The summed E-state index contributed by atoms with van der Waals surface area (Å²) in [4.78, 5) is 26.0. The smallest absolute Gasteiger partial charge is 0.247 e. The van der Waals surface area contributed by atoms with Gasteiger partial charge in [0.2, 0.25) is 11.8 Å². The number of phenols is 1. The van der Waals surface area contributed by atoms with Crippen molar-refractivity contribution < 1.29 is 14.7 Å². The number of imide groups is 1. The fourth-order valence-electron chi connectivity index (χ4n) is 2.47. The van der Waals surface area contributed by atoms with E-state index in [4.69, 9.17) is 5.73 Å². The number of amidine groups is 1. The number of carbonyl (C=O) groups is 2. The number of nitrogens with zero attached hydrogens (tertiary/aromatic N) is 3. The van der Waals surface area contributed by atoms with Crippen LogP contribution in [0.3, 0.4) is 0 Å². The van der Waals surface area contributed by atoms with Crippen molar-refractivity contribution in [1.29, 1.82) is 0 Å². The van der Waals surface area contributed by atoms with E-state index in [0.29, 0.717) is 11.3 Å². The van der Waals surface area contributed by atoms with Crippen molar-refractivity contribution in [2.45, 2.75) is 11.7 Å². The Morgan fingerprint density at radius 1 is 1.22 bits per heavy atom. The molecule has 2 amide bonds. The molecule has 0 aromatic heterocycles. The molecule has 0 aliphatic carbocycles. The molecule has 1 fully saturated rings. The van der Waals surface area contributed by atoms with Crippen LogP contribution in [0.4, 0.5) is 5.69 Å². The third-order valence-corrected chi connectivity index (χ3v) is 5.25. The van der Waals surface area contributed by atoms with E-state index in [-0.39, 0.29) is 29.2 Å². The van der Waals surface area contributed by atoms with Crippen molar-refractivity contribution in [1.82, 2.24) is 0 Å². The Morgan fingerprint density at radius 3 is 2.63 bits per heavy atom. The third-order valence-electron chi connectivity index (χ3n) is 3.74. The summed E-state index contributed by atoms with van der Waals surface area (Å²) in [5.41, 5.74) is 6.83. The lowest BCUT2D eigenvalue weighted by Gasteiger charge is -2.14. The molecular weight excluding hydrogens is 432 g/mol. The largest absolute Gasteiger partial charge is 0.507 e. The van der Waals surface area contributed by atoms with Crippen LogP contribution in [0.25, 0.3) is 0 Å². The van der Waals surface area contributed by atoms with Crippen LogP contribution in [0, 0.1) is 0 Å². The van der Waals surface area contributed by atoms with Gasteiger partial charge < -0.3 is 10.8 Å². The number of benzene rings is 2. The molecule has 3 N–H and O–H groups in total. The third kappa shape index (κ3) is 4.55. The summed E-state index contributed by atoms with van der Waals surface area (Å²) >= 11 is 4.31. The maximum atomic E-state index is 12.6. The van der Waals surface area contributed by atoms with E-state index in [0.717, 1.165) is 21.1 Å². The van der Waals surface area contributed by atoms with Crippen molar-refractivity contribution in [3.63, 3.8) is 0 Å². The Kier molecular flexibility index (Phi) is 5.92. The lowest BCUT2D eigenvalue weighted by molar-refractivity contribution is -0.121. The van der Waals surface area contributed by atoms with Crippen molar-refractivity contribution in [2.24, 2.45) is 15.9 Å². The molecule has 0 unspecified atom stereocenters. The molecule has 1 atom stereocenters. The quantitative estimate of drug-likeness (QED) is 0.324. The number of para-hydroxylation sites is 1. The Bertz CT molecular complexity index is 930. The molecule has 1 aliphatic heterocycles. The van der Waals surface area contributed by atoms with Gasteiger partial charge >= 0.3 is 0 Å². The number of thioether (sulfide) groups is 1. The number of phenolic OH excluding ortho intramolecular Hbond substituents is 1. The summed E-state index contributed by atoms with van der Waals surface area (Å²) in [6.45, 7) is 0. The highest BCUT2D eigenvalue weighted by Crippen LogP contribution is 2.30. The summed E-state index contributed by atoms with van der Waals surface area (Å²) in [5.74, 6) is -0.551. The van der Waals surface area contributed by atoms with Gasteiger partial charge in [0.1, 0.15) is 11.0 Å². The van der Waals surface area contributed by atoms with Gasteiger partial charge in [-0.2, -0.15) is 5.10 Å². The maximum Gasteiger partial charge on any atom is 0.247 e. The van der Waals surface area contributed by atoms with Crippen LogP contribution < -0.4 is 10.6 Å². The monoisotopic (exact) mass is 446 g/mol. The molecule has 2 aromatic rings. The average Bonchev–Trinajstić information content (AvgIpc) is 2.91. The van der Waals surface area contributed by atoms with Crippen LogP contribution in [0.1, 0.15) is 12.0 Å². The second-order valence-corrected chi connectivity index (χ2v) is 7.73. The first-order valence-corrected chi connectivity index (χ1v) is 9.56. The van der Waals surface area contributed by atoms with E-state index in [2.05, 4.69) is 26.1 Å².